The number of hydrogen-bond acceptors (Lipinski definition) is 6. The van der Waals surface area contributed by atoms with Crippen molar-refractivity contribution in [3.63, 3.8) is 0 Å². The first-order valence-corrected chi connectivity index (χ1v) is 13.3. The highest BCUT2D eigenvalue weighted by atomic mass is 79.9. The number of carbonyl (C=O) groups excluding carboxylic acids is 2. The molecule has 0 saturated carbocycles. The fraction of sp³-hybridized carbons (Fsp3) is 0.560. The average Bonchev–Trinajstić information content (AvgIpc) is 2.73. The second-order valence-corrected chi connectivity index (χ2v) is 11.4. The van der Waals surface area contributed by atoms with Gasteiger partial charge in [-0.15, -0.1) is 0 Å². The lowest BCUT2D eigenvalue weighted by Crippen LogP contribution is -2.48. The molecule has 0 aliphatic carbocycles. The highest BCUT2D eigenvalue weighted by Crippen LogP contribution is 2.35. The number of fused-ring (bicyclic) bond motifs is 1. The number of halogens is 2. The van der Waals surface area contributed by atoms with Gasteiger partial charge >= 0.3 is 17.7 Å². The molecule has 0 fully saturated rings. The first kappa shape index (κ1) is 28.4. The Morgan fingerprint density at radius 3 is 2.41 bits per heavy atom. The van der Waals surface area contributed by atoms with Crippen LogP contribution in [-0.2, 0) is 16.0 Å². The highest BCUT2D eigenvalue weighted by Gasteiger charge is 2.31. The SMILES string of the molecule is CC[C@H](C)[C@H](NC(=O)OC(C)(C)C)C(=O)Oc1c(C[C@H](Br)CBr)cc2c(C)cc(=O)oc2c1C. The van der Waals surface area contributed by atoms with Crippen LogP contribution in [0.3, 0.4) is 0 Å². The maximum absolute atomic E-state index is 13.3. The van der Waals surface area contributed by atoms with E-state index in [1.165, 1.54) is 6.07 Å². The van der Waals surface area contributed by atoms with E-state index in [1.54, 1.807) is 27.7 Å². The van der Waals surface area contributed by atoms with Crippen LogP contribution in [0.4, 0.5) is 4.79 Å². The molecule has 0 bridgehead atoms. The lowest BCUT2D eigenvalue weighted by molar-refractivity contribution is -0.138. The second-order valence-electron chi connectivity index (χ2n) is 9.50. The van der Waals surface area contributed by atoms with E-state index in [0.29, 0.717) is 35.1 Å². The first-order chi connectivity index (χ1) is 15.8. The largest absolute Gasteiger partial charge is 0.444 e. The van der Waals surface area contributed by atoms with Crippen molar-refractivity contribution in [2.45, 2.75) is 77.8 Å². The number of alkyl carbamates (subject to hydrolysis) is 1. The molecule has 7 nitrogen and oxygen atoms in total. The molecule has 34 heavy (non-hydrogen) atoms. The number of nitrogens with one attached hydrogen (secondary N) is 1. The molecule has 0 aliphatic heterocycles. The van der Waals surface area contributed by atoms with Gasteiger partial charge in [-0.05, 0) is 64.2 Å². The minimum atomic E-state index is -0.914. The molecule has 1 aromatic carbocycles. The molecule has 1 heterocycles. The molecule has 1 N–H and O–H groups in total. The Balaban J connectivity index is 2.52. The average molecular weight is 603 g/mol. The molecule has 188 valence electrons. The van der Waals surface area contributed by atoms with E-state index in [1.807, 2.05) is 26.8 Å². The summed E-state index contributed by atoms with van der Waals surface area (Å²) in [4.78, 5) is 37.9. The van der Waals surface area contributed by atoms with Gasteiger partial charge in [-0.25, -0.2) is 14.4 Å². The van der Waals surface area contributed by atoms with Crippen molar-refractivity contribution in [3.05, 3.63) is 39.2 Å². The monoisotopic (exact) mass is 601 g/mol. The van der Waals surface area contributed by atoms with Crippen molar-refractivity contribution >= 4 is 54.9 Å². The van der Waals surface area contributed by atoms with E-state index >= 15 is 0 Å². The van der Waals surface area contributed by atoms with E-state index < -0.39 is 29.3 Å². The van der Waals surface area contributed by atoms with Crippen molar-refractivity contribution < 1.29 is 23.5 Å². The smallest absolute Gasteiger partial charge is 0.408 e. The summed E-state index contributed by atoms with van der Waals surface area (Å²) in [6, 6.07) is 2.42. The number of alkyl halides is 2. The van der Waals surface area contributed by atoms with Gasteiger partial charge in [-0.3, -0.25) is 0 Å². The minimum absolute atomic E-state index is 0.0862. The maximum atomic E-state index is 13.3. The lowest BCUT2D eigenvalue weighted by atomic mass is 9.98. The Hall–Kier alpha value is -1.87. The number of ether oxygens (including phenoxy) is 2. The summed E-state index contributed by atoms with van der Waals surface area (Å²) < 4.78 is 16.7. The fourth-order valence-corrected chi connectivity index (χ4v) is 4.09. The minimum Gasteiger partial charge on any atom is -0.444 e. The summed E-state index contributed by atoms with van der Waals surface area (Å²) in [5.74, 6) is -0.476. The van der Waals surface area contributed by atoms with Gasteiger partial charge < -0.3 is 19.2 Å². The molecule has 0 aliphatic rings. The molecule has 3 atom stereocenters. The van der Waals surface area contributed by atoms with Crippen LogP contribution in [0.1, 0.15) is 57.7 Å². The predicted molar refractivity (Wildman–Crippen MR) is 140 cm³/mol. The van der Waals surface area contributed by atoms with Gasteiger partial charge in [-0.2, -0.15) is 0 Å². The van der Waals surface area contributed by atoms with Crippen LogP contribution in [0, 0.1) is 19.8 Å². The van der Waals surface area contributed by atoms with E-state index in [4.69, 9.17) is 13.9 Å². The van der Waals surface area contributed by atoms with E-state index in [0.717, 1.165) is 16.5 Å². The van der Waals surface area contributed by atoms with Gasteiger partial charge in [0.1, 0.15) is 23.0 Å². The molecule has 0 unspecified atom stereocenters. The summed E-state index contributed by atoms with van der Waals surface area (Å²) in [6.07, 6.45) is 0.517. The maximum Gasteiger partial charge on any atom is 0.408 e. The second kappa shape index (κ2) is 11.7. The van der Waals surface area contributed by atoms with Crippen molar-refractivity contribution in [1.82, 2.24) is 5.32 Å². The topological polar surface area (TPSA) is 94.8 Å². The molecule has 0 saturated heterocycles. The zero-order valence-corrected chi connectivity index (χ0v) is 23.9. The van der Waals surface area contributed by atoms with Crippen LogP contribution in [0.5, 0.6) is 5.75 Å². The van der Waals surface area contributed by atoms with E-state index in [-0.39, 0.29) is 10.7 Å². The number of carbonyl (C=O) groups is 2. The summed E-state index contributed by atoms with van der Waals surface area (Å²) in [5.41, 5.74) is 1.32. The van der Waals surface area contributed by atoms with Gasteiger partial charge in [0.2, 0.25) is 0 Å². The van der Waals surface area contributed by atoms with Crippen molar-refractivity contribution in [1.29, 1.82) is 0 Å². The summed E-state index contributed by atoms with van der Waals surface area (Å²) in [7, 11) is 0. The van der Waals surface area contributed by atoms with E-state index in [2.05, 4.69) is 37.2 Å². The van der Waals surface area contributed by atoms with Gasteiger partial charge in [-0.1, -0.05) is 52.1 Å². The standard InChI is InChI=1S/C25H33Br2NO6/c1-8-13(2)20(28-24(31)34-25(5,6)7)23(30)33-21-15(4)22-18(14(3)9-19(29)32-22)11-16(21)10-17(27)12-26/h9,11,13,17,20H,8,10,12H2,1-7H3,(H,28,31)/t13-,17-,20-/m0/s1. The summed E-state index contributed by atoms with van der Waals surface area (Å²) >= 11 is 7.09. The third kappa shape index (κ3) is 7.31. The van der Waals surface area contributed by atoms with E-state index in [9.17, 15) is 14.4 Å². The Bertz CT molecular complexity index is 1110. The van der Waals surface area contributed by atoms with Crippen molar-refractivity contribution in [2.24, 2.45) is 5.92 Å². The van der Waals surface area contributed by atoms with Gasteiger partial charge in [0.15, 0.2) is 0 Å². The van der Waals surface area contributed by atoms with Crippen LogP contribution in [0.15, 0.2) is 21.3 Å². The third-order valence-corrected chi connectivity index (χ3v) is 7.75. The van der Waals surface area contributed by atoms with Crippen LogP contribution in [0.25, 0.3) is 11.0 Å². The normalized spacial score (nSPS) is 14.4. The molecule has 2 rings (SSSR count). The first-order valence-electron chi connectivity index (χ1n) is 11.3. The zero-order chi connectivity index (χ0) is 25.8. The Kier molecular flexibility index (Phi) is 9.77. The molecule has 0 radical (unpaired) electrons. The molecule has 9 heteroatoms. The Morgan fingerprint density at radius 1 is 1.21 bits per heavy atom. The molecular formula is C25H33Br2NO6. The molecule has 1 amide bonds. The van der Waals surface area contributed by atoms with Crippen LogP contribution in [0.2, 0.25) is 0 Å². The molecule has 0 spiro atoms. The number of benzene rings is 1. The third-order valence-electron chi connectivity index (χ3n) is 5.45. The Labute approximate surface area is 217 Å². The molecule has 1 aromatic heterocycles. The summed E-state index contributed by atoms with van der Waals surface area (Å²) in [5, 5.41) is 4.14. The summed E-state index contributed by atoms with van der Waals surface area (Å²) in [6.45, 7) is 12.6. The number of hydrogen-bond donors (Lipinski definition) is 1. The number of esters is 1. The fourth-order valence-electron chi connectivity index (χ4n) is 3.51. The van der Waals surface area contributed by atoms with Gasteiger partial charge in [0.25, 0.3) is 0 Å². The number of amides is 1. The molecular weight excluding hydrogens is 570 g/mol. The Morgan fingerprint density at radius 2 is 1.85 bits per heavy atom. The lowest BCUT2D eigenvalue weighted by Gasteiger charge is -2.26. The highest BCUT2D eigenvalue weighted by molar-refractivity contribution is 9.12. The van der Waals surface area contributed by atoms with Crippen LogP contribution >= 0.6 is 31.9 Å². The van der Waals surface area contributed by atoms with Gasteiger partial charge in [0, 0.05) is 27.2 Å². The van der Waals surface area contributed by atoms with Gasteiger partial charge in [0.05, 0.1) is 0 Å². The quantitative estimate of drug-likeness (QED) is 0.173. The van der Waals surface area contributed by atoms with Crippen molar-refractivity contribution in [2.75, 3.05) is 5.33 Å². The van der Waals surface area contributed by atoms with Crippen molar-refractivity contribution in [3.8, 4) is 5.75 Å². The number of rotatable bonds is 8. The predicted octanol–water partition coefficient (Wildman–Crippen LogP) is 5.96. The number of aryl methyl sites for hydroxylation is 2. The van der Waals surface area contributed by atoms with Crippen LogP contribution in [-0.4, -0.2) is 33.9 Å². The molecule has 2 aromatic rings. The zero-order valence-electron chi connectivity index (χ0n) is 20.7. The van der Waals surface area contributed by atoms with Crippen LogP contribution < -0.4 is 15.7 Å².